The topological polar surface area (TPSA) is 75.3 Å². The van der Waals surface area contributed by atoms with Gasteiger partial charge in [-0.25, -0.2) is 9.97 Å². The number of benzene rings is 1. The monoisotopic (exact) mass is 407 g/mol. The zero-order chi connectivity index (χ0) is 21.2. The Bertz CT molecular complexity index is 865. The average Bonchev–Trinajstić information content (AvgIpc) is 3.18. The first-order chi connectivity index (χ1) is 13.7. The minimum Gasteiger partial charge on any atom is -0.364 e. The maximum atomic E-state index is 12.8. The first-order valence-electron chi connectivity index (χ1n) is 9.58. The Morgan fingerprint density at radius 3 is 2.41 bits per heavy atom. The Kier molecular flexibility index (Phi) is 6.07. The van der Waals surface area contributed by atoms with Crippen LogP contribution in [-0.2, 0) is 6.18 Å². The van der Waals surface area contributed by atoms with Gasteiger partial charge in [-0.2, -0.15) is 13.2 Å². The summed E-state index contributed by atoms with van der Waals surface area (Å²) in [4.78, 5) is 24.9. The molecule has 6 nitrogen and oxygen atoms in total. The van der Waals surface area contributed by atoms with E-state index < -0.39 is 17.6 Å². The van der Waals surface area contributed by atoms with Gasteiger partial charge in [-0.15, -0.1) is 0 Å². The van der Waals surface area contributed by atoms with E-state index in [1.54, 1.807) is 0 Å². The first kappa shape index (κ1) is 21.0. The molecule has 1 fully saturated rings. The molecular weight excluding hydrogens is 383 g/mol. The highest BCUT2D eigenvalue weighted by Gasteiger charge is 2.31. The SMILES string of the molecule is CCN(CC)C1CCN(c2nc(C(N)=O)cc(-c3ccc(C(F)(F)F)cc3)n2)C1. The Labute approximate surface area is 167 Å². The zero-order valence-electron chi connectivity index (χ0n) is 16.4. The van der Waals surface area contributed by atoms with Crippen molar-refractivity contribution in [2.75, 3.05) is 31.1 Å². The summed E-state index contributed by atoms with van der Waals surface area (Å²) in [6.45, 7) is 7.55. The number of rotatable bonds is 6. The van der Waals surface area contributed by atoms with Crippen LogP contribution < -0.4 is 10.6 Å². The van der Waals surface area contributed by atoms with Gasteiger partial charge in [-0.3, -0.25) is 9.69 Å². The number of halogens is 3. The van der Waals surface area contributed by atoms with Crippen molar-refractivity contribution in [3.05, 3.63) is 41.6 Å². The Morgan fingerprint density at radius 1 is 1.21 bits per heavy atom. The number of aromatic nitrogens is 2. The van der Waals surface area contributed by atoms with Crippen molar-refractivity contribution in [3.8, 4) is 11.3 Å². The number of anilines is 1. The van der Waals surface area contributed by atoms with Crippen LogP contribution in [0, 0.1) is 0 Å². The van der Waals surface area contributed by atoms with Crippen molar-refractivity contribution >= 4 is 11.9 Å². The van der Waals surface area contributed by atoms with Gasteiger partial charge in [0.05, 0.1) is 11.3 Å². The predicted octanol–water partition coefficient (Wildman–Crippen LogP) is 3.18. The van der Waals surface area contributed by atoms with E-state index in [4.69, 9.17) is 5.73 Å². The number of primary amides is 1. The molecule has 1 unspecified atom stereocenters. The Balaban J connectivity index is 1.92. The van der Waals surface area contributed by atoms with Crippen LogP contribution in [0.3, 0.4) is 0 Å². The van der Waals surface area contributed by atoms with Crippen molar-refractivity contribution in [3.63, 3.8) is 0 Å². The minimum absolute atomic E-state index is 0.0381. The van der Waals surface area contributed by atoms with Gasteiger partial charge in [0.25, 0.3) is 5.91 Å². The second kappa shape index (κ2) is 8.36. The van der Waals surface area contributed by atoms with Gasteiger partial charge in [0.15, 0.2) is 0 Å². The van der Waals surface area contributed by atoms with Gasteiger partial charge >= 0.3 is 6.18 Å². The molecule has 0 bridgehead atoms. The van der Waals surface area contributed by atoms with Crippen LogP contribution in [0.4, 0.5) is 19.1 Å². The lowest BCUT2D eigenvalue weighted by Crippen LogP contribution is -2.37. The molecule has 1 saturated heterocycles. The minimum atomic E-state index is -4.41. The quantitative estimate of drug-likeness (QED) is 0.796. The molecule has 1 amide bonds. The van der Waals surface area contributed by atoms with E-state index in [1.165, 1.54) is 18.2 Å². The van der Waals surface area contributed by atoms with Crippen molar-refractivity contribution < 1.29 is 18.0 Å². The number of carbonyl (C=O) groups is 1. The van der Waals surface area contributed by atoms with Crippen molar-refractivity contribution in [2.45, 2.75) is 32.5 Å². The van der Waals surface area contributed by atoms with Crippen LogP contribution >= 0.6 is 0 Å². The molecule has 3 rings (SSSR count). The zero-order valence-corrected chi connectivity index (χ0v) is 16.4. The summed E-state index contributed by atoms with van der Waals surface area (Å²) in [6, 6.07) is 6.43. The summed E-state index contributed by atoms with van der Waals surface area (Å²) in [6.07, 6.45) is -3.47. The molecule has 29 heavy (non-hydrogen) atoms. The Morgan fingerprint density at radius 2 is 1.86 bits per heavy atom. The molecule has 0 saturated carbocycles. The van der Waals surface area contributed by atoms with Gasteiger partial charge in [0, 0.05) is 24.7 Å². The molecular formula is C20H24F3N5O. The largest absolute Gasteiger partial charge is 0.416 e. The normalized spacial score (nSPS) is 17.2. The number of carbonyl (C=O) groups excluding carboxylic acids is 1. The molecule has 1 aromatic heterocycles. The molecule has 2 N–H and O–H groups in total. The third kappa shape index (κ3) is 4.67. The van der Waals surface area contributed by atoms with Crippen molar-refractivity contribution in [2.24, 2.45) is 5.73 Å². The molecule has 2 aromatic rings. The van der Waals surface area contributed by atoms with Crippen LogP contribution in [0.2, 0.25) is 0 Å². The molecule has 1 aliphatic rings. The van der Waals surface area contributed by atoms with Gasteiger partial charge in [-0.05, 0) is 37.7 Å². The number of likely N-dealkylation sites (N-methyl/N-ethyl adjacent to an activating group) is 1. The fraction of sp³-hybridized carbons (Fsp3) is 0.450. The number of hydrogen-bond acceptors (Lipinski definition) is 5. The van der Waals surface area contributed by atoms with Crippen LogP contribution in [-0.4, -0.2) is 53.0 Å². The lowest BCUT2D eigenvalue weighted by Gasteiger charge is -2.26. The molecule has 156 valence electrons. The molecule has 9 heteroatoms. The van der Waals surface area contributed by atoms with E-state index in [9.17, 15) is 18.0 Å². The maximum Gasteiger partial charge on any atom is 0.416 e. The fourth-order valence-electron chi connectivity index (χ4n) is 3.64. The van der Waals surface area contributed by atoms with Crippen LogP contribution in [0.25, 0.3) is 11.3 Å². The standard InChI is InChI=1S/C20H24F3N5O/c1-3-27(4-2)15-9-10-28(12-15)19-25-16(11-17(26-19)18(24)29)13-5-7-14(8-6-13)20(21,22)23/h5-8,11,15H,3-4,9-10,12H2,1-2H3,(H2,24,29). The second-order valence-corrected chi connectivity index (χ2v) is 6.99. The molecule has 0 aliphatic carbocycles. The number of amides is 1. The van der Waals surface area contributed by atoms with E-state index in [0.29, 0.717) is 23.2 Å². The average molecular weight is 407 g/mol. The van der Waals surface area contributed by atoms with Crippen LogP contribution in [0.15, 0.2) is 30.3 Å². The lowest BCUT2D eigenvalue weighted by atomic mass is 10.1. The van der Waals surface area contributed by atoms with Gasteiger partial charge in [-0.1, -0.05) is 26.0 Å². The highest BCUT2D eigenvalue weighted by molar-refractivity contribution is 5.92. The molecule has 0 radical (unpaired) electrons. The smallest absolute Gasteiger partial charge is 0.364 e. The van der Waals surface area contributed by atoms with E-state index in [2.05, 4.69) is 28.7 Å². The number of alkyl halides is 3. The second-order valence-electron chi connectivity index (χ2n) is 6.99. The molecule has 0 spiro atoms. The third-order valence-corrected chi connectivity index (χ3v) is 5.25. The summed E-state index contributed by atoms with van der Waals surface area (Å²) < 4.78 is 38.5. The van der Waals surface area contributed by atoms with Crippen LogP contribution in [0.5, 0.6) is 0 Å². The summed E-state index contributed by atoms with van der Waals surface area (Å²) in [5.74, 6) is -0.341. The fourth-order valence-corrected chi connectivity index (χ4v) is 3.64. The third-order valence-electron chi connectivity index (χ3n) is 5.25. The first-order valence-corrected chi connectivity index (χ1v) is 9.58. The number of nitrogens with zero attached hydrogens (tertiary/aromatic N) is 4. The number of nitrogens with two attached hydrogens (primary N) is 1. The van der Waals surface area contributed by atoms with E-state index in [-0.39, 0.29) is 5.69 Å². The van der Waals surface area contributed by atoms with E-state index in [1.807, 2.05) is 4.90 Å². The lowest BCUT2D eigenvalue weighted by molar-refractivity contribution is -0.137. The molecule has 1 atom stereocenters. The molecule has 1 aromatic carbocycles. The highest BCUT2D eigenvalue weighted by Crippen LogP contribution is 2.31. The van der Waals surface area contributed by atoms with Crippen molar-refractivity contribution in [1.29, 1.82) is 0 Å². The van der Waals surface area contributed by atoms with E-state index >= 15 is 0 Å². The number of hydrogen-bond donors (Lipinski definition) is 1. The van der Waals surface area contributed by atoms with Crippen LogP contribution in [0.1, 0.15) is 36.3 Å². The summed E-state index contributed by atoms with van der Waals surface area (Å²) in [5.41, 5.74) is 5.54. The van der Waals surface area contributed by atoms with Gasteiger partial charge < -0.3 is 10.6 Å². The molecule has 2 heterocycles. The Hall–Kier alpha value is -2.68. The summed E-state index contributed by atoms with van der Waals surface area (Å²) >= 11 is 0. The summed E-state index contributed by atoms with van der Waals surface area (Å²) in [5, 5.41) is 0. The highest BCUT2D eigenvalue weighted by atomic mass is 19.4. The van der Waals surface area contributed by atoms with Gasteiger partial charge in [0.1, 0.15) is 5.69 Å². The maximum absolute atomic E-state index is 12.8. The molecule has 1 aliphatic heterocycles. The predicted molar refractivity (Wildman–Crippen MR) is 105 cm³/mol. The van der Waals surface area contributed by atoms with Crippen molar-refractivity contribution in [1.82, 2.24) is 14.9 Å². The van der Waals surface area contributed by atoms with E-state index in [0.717, 1.165) is 44.7 Å². The summed E-state index contributed by atoms with van der Waals surface area (Å²) in [7, 11) is 0. The van der Waals surface area contributed by atoms with Gasteiger partial charge in [0.2, 0.25) is 5.95 Å².